The molecule has 1 heterocycles. The molecule has 0 bridgehead atoms. The van der Waals surface area contributed by atoms with Crippen LogP contribution in [0.3, 0.4) is 0 Å². The number of carbonyl (C=O) groups is 2. The number of carbonyl (C=O) groups excluding carboxylic acids is 1. The van der Waals surface area contributed by atoms with Crippen LogP contribution in [0.15, 0.2) is 12.2 Å². The van der Waals surface area contributed by atoms with Crippen molar-refractivity contribution in [3.05, 3.63) is 12.2 Å². The second kappa shape index (κ2) is 6.15. The molecule has 0 radical (unpaired) electrons. The van der Waals surface area contributed by atoms with Crippen molar-refractivity contribution >= 4 is 12.0 Å². The summed E-state index contributed by atoms with van der Waals surface area (Å²) in [6.45, 7) is 1.89. The molecule has 1 aliphatic rings. The lowest BCUT2D eigenvalue weighted by atomic mass is 10.2. The van der Waals surface area contributed by atoms with Gasteiger partial charge in [-0.25, -0.2) is 4.79 Å². The molecule has 0 saturated heterocycles. The Morgan fingerprint density at radius 3 is 2.75 bits per heavy atom. The Morgan fingerprint density at radius 1 is 1.44 bits per heavy atom. The Kier molecular flexibility index (Phi) is 4.82. The van der Waals surface area contributed by atoms with E-state index < -0.39 is 5.97 Å². The van der Waals surface area contributed by atoms with Gasteiger partial charge in [0.05, 0.1) is 0 Å². The molecule has 0 aliphatic carbocycles. The van der Waals surface area contributed by atoms with Gasteiger partial charge < -0.3 is 14.9 Å². The number of amides is 2. The summed E-state index contributed by atoms with van der Waals surface area (Å²) in [5.41, 5.74) is 0. The molecule has 0 saturated carbocycles. The Labute approximate surface area is 95.3 Å². The third-order valence-corrected chi connectivity index (χ3v) is 2.54. The average Bonchev–Trinajstić information content (AvgIpc) is 2.28. The molecule has 1 rings (SSSR count). The fourth-order valence-corrected chi connectivity index (χ4v) is 1.62. The van der Waals surface area contributed by atoms with Crippen molar-refractivity contribution in [2.75, 3.05) is 26.7 Å². The van der Waals surface area contributed by atoms with E-state index in [0.717, 1.165) is 13.0 Å². The second-order valence-electron chi connectivity index (χ2n) is 3.91. The summed E-state index contributed by atoms with van der Waals surface area (Å²) in [5, 5.41) is 8.49. The van der Waals surface area contributed by atoms with E-state index in [4.69, 9.17) is 5.11 Å². The molecule has 0 aromatic rings. The summed E-state index contributed by atoms with van der Waals surface area (Å²) in [5.74, 6) is -0.818. The van der Waals surface area contributed by atoms with Gasteiger partial charge in [0.15, 0.2) is 0 Å². The van der Waals surface area contributed by atoms with Gasteiger partial charge in [-0.1, -0.05) is 12.2 Å². The van der Waals surface area contributed by atoms with Gasteiger partial charge in [0.1, 0.15) is 0 Å². The summed E-state index contributed by atoms with van der Waals surface area (Å²) in [6.07, 6.45) is 5.55. The molecule has 5 nitrogen and oxygen atoms in total. The normalized spacial score (nSPS) is 14.9. The first kappa shape index (κ1) is 12.5. The highest BCUT2D eigenvalue weighted by Gasteiger charge is 2.17. The van der Waals surface area contributed by atoms with Crippen LogP contribution < -0.4 is 0 Å². The summed E-state index contributed by atoms with van der Waals surface area (Å²) in [7, 11) is 1.71. The van der Waals surface area contributed by atoms with E-state index in [1.165, 1.54) is 0 Å². The summed E-state index contributed by atoms with van der Waals surface area (Å²) in [4.78, 5) is 25.5. The third-order valence-electron chi connectivity index (χ3n) is 2.54. The number of hydrogen-bond donors (Lipinski definition) is 1. The van der Waals surface area contributed by atoms with E-state index in [0.29, 0.717) is 19.5 Å². The topological polar surface area (TPSA) is 60.9 Å². The maximum atomic E-state index is 11.8. The predicted octanol–water partition coefficient (Wildman–Crippen LogP) is 1.16. The summed E-state index contributed by atoms with van der Waals surface area (Å²) in [6, 6.07) is -0.0188. The van der Waals surface area contributed by atoms with Gasteiger partial charge >= 0.3 is 12.0 Å². The van der Waals surface area contributed by atoms with Crippen LogP contribution in [0, 0.1) is 0 Å². The van der Waals surface area contributed by atoms with Crippen molar-refractivity contribution in [1.29, 1.82) is 0 Å². The van der Waals surface area contributed by atoms with Crippen LogP contribution in [0.25, 0.3) is 0 Å². The Morgan fingerprint density at radius 2 is 2.19 bits per heavy atom. The number of rotatable bonds is 4. The van der Waals surface area contributed by atoms with Crippen LogP contribution in [0.5, 0.6) is 0 Å². The van der Waals surface area contributed by atoms with Gasteiger partial charge in [0.25, 0.3) is 0 Å². The van der Waals surface area contributed by atoms with Crippen LogP contribution >= 0.6 is 0 Å². The molecule has 0 aromatic heterocycles. The van der Waals surface area contributed by atoms with Crippen molar-refractivity contribution in [2.24, 2.45) is 0 Å². The fourth-order valence-electron chi connectivity index (χ4n) is 1.62. The lowest BCUT2D eigenvalue weighted by Crippen LogP contribution is -2.43. The molecular weight excluding hydrogens is 208 g/mol. The first-order chi connectivity index (χ1) is 7.61. The number of carboxylic acids is 1. The van der Waals surface area contributed by atoms with Crippen molar-refractivity contribution in [1.82, 2.24) is 9.80 Å². The second-order valence-corrected chi connectivity index (χ2v) is 3.91. The molecule has 1 N–H and O–H groups in total. The van der Waals surface area contributed by atoms with E-state index in [9.17, 15) is 9.59 Å². The Hall–Kier alpha value is -1.52. The lowest BCUT2D eigenvalue weighted by molar-refractivity contribution is -0.137. The Bertz CT molecular complexity index is 289. The van der Waals surface area contributed by atoms with Crippen LogP contribution in [0.4, 0.5) is 4.79 Å². The maximum Gasteiger partial charge on any atom is 0.320 e. The lowest BCUT2D eigenvalue weighted by Gasteiger charge is -2.28. The first-order valence-electron chi connectivity index (χ1n) is 5.48. The van der Waals surface area contributed by atoms with Crippen LogP contribution in [-0.2, 0) is 4.79 Å². The molecule has 5 heteroatoms. The highest BCUT2D eigenvalue weighted by atomic mass is 16.4. The fraction of sp³-hybridized carbons (Fsp3) is 0.636. The number of nitrogens with zero attached hydrogens (tertiary/aromatic N) is 2. The molecule has 0 aromatic carbocycles. The third kappa shape index (κ3) is 3.92. The first-order valence-corrected chi connectivity index (χ1v) is 5.48. The minimum atomic E-state index is -0.818. The minimum Gasteiger partial charge on any atom is -0.481 e. The van der Waals surface area contributed by atoms with Crippen molar-refractivity contribution in [3.8, 4) is 0 Å². The van der Waals surface area contributed by atoms with E-state index in [-0.39, 0.29) is 12.5 Å². The Balaban J connectivity index is 2.29. The molecule has 0 atom stereocenters. The minimum absolute atomic E-state index is 0.0188. The molecule has 0 unspecified atom stereocenters. The zero-order valence-corrected chi connectivity index (χ0v) is 9.56. The summed E-state index contributed by atoms with van der Waals surface area (Å²) < 4.78 is 0. The number of carboxylic acid groups (broad SMARTS) is 1. The smallest absolute Gasteiger partial charge is 0.320 e. The van der Waals surface area contributed by atoms with Crippen LogP contribution in [-0.4, -0.2) is 53.6 Å². The molecule has 0 fully saturated rings. The quantitative estimate of drug-likeness (QED) is 0.732. The molecule has 0 spiro atoms. The van der Waals surface area contributed by atoms with E-state index in [2.05, 4.69) is 6.08 Å². The van der Waals surface area contributed by atoms with Crippen LogP contribution in [0.1, 0.15) is 19.3 Å². The van der Waals surface area contributed by atoms with E-state index in [1.807, 2.05) is 6.08 Å². The van der Waals surface area contributed by atoms with E-state index in [1.54, 1.807) is 16.8 Å². The largest absolute Gasteiger partial charge is 0.481 e. The molecular formula is C11H18N2O3. The van der Waals surface area contributed by atoms with Gasteiger partial charge in [-0.05, 0) is 12.8 Å². The predicted molar refractivity (Wildman–Crippen MR) is 60.2 cm³/mol. The van der Waals surface area contributed by atoms with Gasteiger partial charge in [-0.3, -0.25) is 4.79 Å². The zero-order valence-electron chi connectivity index (χ0n) is 9.56. The van der Waals surface area contributed by atoms with Crippen molar-refractivity contribution < 1.29 is 14.7 Å². The number of aliphatic carboxylic acids is 1. The average molecular weight is 226 g/mol. The maximum absolute atomic E-state index is 11.8. The zero-order chi connectivity index (χ0) is 12.0. The van der Waals surface area contributed by atoms with E-state index >= 15 is 0 Å². The SMILES string of the molecule is CN(CCCC(=O)O)C(=O)N1CC=CCC1. The van der Waals surface area contributed by atoms with Crippen molar-refractivity contribution in [3.63, 3.8) is 0 Å². The van der Waals surface area contributed by atoms with Gasteiger partial charge in [0.2, 0.25) is 0 Å². The highest BCUT2D eigenvalue weighted by Crippen LogP contribution is 2.05. The van der Waals surface area contributed by atoms with Gasteiger partial charge in [-0.15, -0.1) is 0 Å². The standard InChI is InChI=1S/C11H18N2O3/c1-12(7-5-6-10(14)15)11(16)13-8-3-2-4-9-13/h2-3H,4-9H2,1H3,(H,14,15). The highest BCUT2D eigenvalue weighted by molar-refractivity contribution is 5.74. The number of hydrogen-bond acceptors (Lipinski definition) is 2. The molecule has 2 amide bonds. The van der Waals surface area contributed by atoms with Gasteiger partial charge in [0, 0.05) is 33.1 Å². The van der Waals surface area contributed by atoms with Crippen molar-refractivity contribution in [2.45, 2.75) is 19.3 Å². The molecule has 90 valence electrons. The number of urea groups is 1. The summed E-state index contributed by atoms with van der Waals surface area (Å²) >= 11 is 0. The molecule has 1 aliphatic heterocycles. The monoisotopic (exact) mass is 226 g/mol. The van der Waals surface area contributed by atoms with Gasteiger partial charge in [-0.2, -0.15) is 0 Å². The van der Waals surface area contributed by atoms with Crippen LogP contribution in [0.2, 0.25) is 0 Å². The molecule has 16 heavy (non-hydrogen) atoms.